The number of nitro groups is 1. The number of rotatable bonds is 4. The average molecular weight is 264 g/mol. The number of hydrogen-bond acceptors (Lipinski definition) is 5. The number of anilines is 1. The second-order valence-corrected chi connectivity index (χ2v) is 5.16. The summed E-state index contributed by atoms with van der Waals surface area (Å²) in [4.78, 5) is 17.0. The van der Waals surface area contributed by atoms with Crippen LogP contribution in [-0.2, 0) is 0 Å². The van der Waals surface area contributed by atoms with Crippen LogP contribution in [0.4, 0.5) is 11.5 Å². The predicted octanol–water partition coefficient (Wildman–Crippen LogP) is 1.86. The molecule has 0 aromatic carbocycles. The summed E-state index contributed by atoms with van der Waals surface area (Å²) in [5, 5.41) is 11.2. The Morgan fingerprint density at radius 1 is 1.58 bits per heavy atom. The van der Waals surface area contributed by atoms with Crippen LogP contribution in [0.1, 0.15) is 24.8 Å². The molecular formula is C13H20N4O2. The van der Waals surface area contributed by atoms with Crippen LogP contribution in [0.2, 0.25) is 0 Å². The van der Waals surface area contributed by atoms with E-state index in [0.717, 1.165) is 19.3 Å². The third-order valence-corrected chi connectivity index (χ3v) is 4.04. The minimum absolute atomic E-state index is 0.104. The summed E-state index contributed by atoms with van der Waals surface area (Å²) in [5.74, 6) is 0.849. The molecule has 0 spiro atoms. The van der Waals surface area contributed by atoms with Crippen LogP contribution in [0.25, 0.3) is 0 Å². The lowest BCUT2D eigenvalue weighted by Crippen LogP contribution is -2.38. The van der Waals surface area contributed by atoms with Gasteiger partial charge in [-0.1, -0.05) is 6.42 Å². The molecule has 1 aromatic heterocycles. The largest absolute Gasteiger partial charge is 0.351 e. The Bertz CT molecular complexity index is 478. The first kappa shape index (κ1) is 13.7. The van der Waals surface area contributed by atoms with Crippen molar-refractivity contribution in [1.82, 2.24) is 4.98 Å². The van der Waals surface area contributed by atoms with Gasteiger partial charge in [-0.3, -0.25) is 10.1 Å². The van der Waals surface area contributed by atoms with E-state index in [1.807, 2.05) is 11.9 Å². The zero-order valence-electron chi connectivity index (χ0n) is 11.4. The molecule has 6 nitrogen and oxygen atoms in total. The highest BCUT2D eigenvalue weighted by molar-refractivity contribution is 5.61. The molecule has 0 radical (unpaired) electrons. The van der Waals surface area contributed by atoms with Crippen molar-refractivity contribution in [3.8, 4) is 0 Å². The summed E-state index contributed by atoms with van der Waals surface area (Å²) in [5.41, 5.74) is 6.53. The van der Waals surface area contributed by atoms with Gasteiger partial charge in [0, 0.05) is 24.8 Å². The number of nitrogens with two attached hydrogens (primary N) is 1. The molecule has 1 aromatic rings. The lowest BCUT2D eigenvalue weighted by Gasteiger charge is -2.29. The van der Waals surface area contributed by atoms with E-state index < -0.39 is 0 Å². The van der Waals surface area contributed by atoms with Gasteiger partial charge in [-0.15, -0.1) is 0 Å². The predicted molar refractivity (Wildman–Crippen MR) is 74.2 cm³/mol. The van der Waals surface area contributed by atoms with Crippen molar-refractivity contribution in [2.45, 2.75) is 32.2 Å². The maximum absolute atomic E-state index is 11.2. The summed E-state index contributed by atoms with van der Waals surface area (Å²) < 4.78 is 0. The smallest absolute Gasteiger partial charge is 0.314 e. The molecule has 1 saturated carbocycles. The van der Waals surface area contributed by atoms with Gasteiger partial charge in [-0.05, 0) is 38.3 Å². The number of aromatic nitrogens is 1. The average Bonchev–Trinajstić information content (AvgIpc) is 2.85. The quantitative estimate of drug-likeness (QED) is 0.662. The molecule has 1 aliphatic carbocycles. The lowest BCUT2D eigenvalue weighted by molar-refractivity contribution is -0.384. The minimum atomic E-state index is -0.347. The number of hydrogen-bond donors (Lipinski definition) is 1. The SMILES string of the molecule is Cc1ccnc(N(C)C2CCCC2CN)c1[N+](=O)[O-]. The summed E-state index contributed by atoms with van der Waals surface area (Å²) in [6.45, 7) is 2.36. The van der Waals surface area contributed by atoms with Gasteiger partial charge in [0.1, 0.15) is 0 Å². The van der Waals surface area contributed by atoms with E-state index in [2.05, 4.69) is 4.98 Å². The molecule has 104 valence electrons. The van der Waals surface area contributed by atoms with E-state index in [-0.39, 0.29) is 16.7 Å². The number of nitrogens with zero attached hydrogens (tertiary/aromatic N) is 3. The number of pyridine rings is 1. The molecule has 0 bridgehead atoms. The summed E-state index contributed by atoms with van der Waals surface area (Å²) >= 11 is 0. The molecule has 1 fully saturated rings. The van der Waals surface area contributed by atoms with Crippen molar-refractivity contribution < 1.29 is 4.92 Å². The van der Waals surface area contributed by atoms with Gasteiger partial charge in [-0.25, -0.2) is 4.98 Å². The van der Waals surface area contributed by atoms with Gasteiger partial charge in [-0.2, -0.15) is 0 Å². The zero-order chi connectivity index (χ0) is 14.0. The Kier molecular flexibility index (Phi) is 3.99. The van der Waals surface area contributed by atoms with Gasteiger partial charge in [0.25, 0.3) is 0 Å². The Morgan fingerprint density at radius 2 is 2.32 bits per heavy atom. The fourth-order valence-corrected chi connectivity index (χ4v) is 2.98. The van der Waals surface area contributed by atoms with Crippen LogP contribution in [0.3, 0.4) is 0 Å². The van der Waals surface area contributed by atoms with Crippen molar-refractivity contribution in [1.29, 1.82) is 0 Å². The van der Waals surface area contributed by atoms with Crippen molar-refractivity contribution in [2.75, 3.05) is 18.5 Å². The van der Waals surface area contributed by atoms with E-state index in [9.17, 15) is 10.1 Å². The van der Waals surface area contributed by atoms with Gasteiger partial charge in [0.2, 0.25) is 5.82 Å². The van der Waals surface area contributed by atoms with E-state index in [1.165, 1.54) is 0 Å². The first-order chi connectivity index (χ1) is 9.06. The van der Waals surface area contributed by atoms with Crippen LogP contribution in [0.5, 0.6) is 0 Å². The monoisotopic (exact) mass is 264 g/mol. The zero-order valence-corrected chi connectivity index (χ0v) is 11.4. The molecule has 19 heavy (non-hydrogen) atoms. The highest BCUT2D eigenvalue weighted by Crippen LogP contribution is 2.35. The maximum atomic E-state index is 11.2. The Hall–Kier alpha value is -1.69. The summed E-state index contributed by atoms with van der Waals surface area (Å²) in [6.07, 6.45) is 4.85. The number of aryl methyl sites for hydroxylation is 1. The second-order valence-electron chi connectivity index (χ2n) is 5.16. The Labute approximate surface area is 112 Å². The van der Waals surface area contributed by atoms with Gasteiger partial charge in [0.05, 0.1) is 4.92 Å². The molecule has 0 amide bonds. The molecular weight excluding hydrogens is 244 g/mol. The van der Waals surface area contributed by atoms with Crippen LogP contribution in [0, 0.1) is 23.0 Å². The van der Waals surface area contributed by atoms with Crippen molar-refractivity contribution in [2.24, 2.45) is 11.7 Å². The normalized spacial score (nSPS) is 22.5. The molecule has 0 saturated heterocycles. The van der Waals surface area contributed by atoms with Crippen LogP contribution in [0.15, 0.2) is 12.3 Å². The molecule has 2 unspecified atom stereocenters. The van der Waals surface area contributed by atoms with E-state index in [4.69, 9.17) is 5.73 Å². The molecule has 1 aliphatic rings. The summed E-state index contributed by atoms with van der Waals surface area (Å²) in [6, 6.07) is 1.92. The van der Waals surface area contributed by atoms with Gasteiger partial charge in [0.15, 0.2) is 0 Å². The van der Waals surface area contributed by atoms with Crippen LogP contribution in [-0.4, -0.2) is 29.5 Å². The standard InChI is InChI=1S/C13H20N4O2/c1-9-6-7-15-13(12(9)17(18)19)16(2)11-5-3-4-10(11)8-14/h6-7,10-11H,3-5,8,14H2,1-2H3. The van der Waals surface area contributed by atoms with Crippen molar-refractivity contribution in [3.63, 3.8) is 0 Å². The third-order valence-electron chi connectivity index (χ3n) is 4.04. The summed E-state index contributed by atoms with van der Waals surface area (Å²) in [7, 11) is 1.88. The Morgan fingerprint density at radius 3 is 2.95 bits per heavy atom. The van der Waals surface area contributed by atoms with Crippen LogP contribution >= 0.6 is 0 Å². The first-order valence-electron chi connectivity index (χ1n) is 6.59. The van der Waals surface area contributed by atoms with E-state index in [0.29, 0.717) is 23.8 Å². The minimum Gasteiger partial charge on any atom is -0.351 e. The first-order valence-corrected chi connectivity index (χ1v) is 6.59. The molecule has 2 atom stereocenters. The second kappa shape index (κ2) is 5.52. The highest BCUT2D eigenvalue weighted by Gasteiger charge is 2.33. The topological polar surface area (TPSA) is 85.3 Å². The van der Waals surface area contributed by atoms with Gasteiger partial charge >= 0.3 is 5.69 Å². The van der Waals surface area contributed by atoms with Crippen molar-refractivity contribution >= 4 is 11.5 Å². The highest BCUT2D eigenvalue weighted by atomic mass is 16.6. The van der Waals surface area contributed by atoms with E-state index >= 15 is 0 Å². The van der Waals surface area contributed by atoms with Gasteiger partial charge < -0.3 is 10.6 Å². The fraction of sp³-hybridized carbons (Fsp3) is 0.615. The molecule has 0 aliphatic heterocycles. The van der Waals surface area contributed by atoms with Crippen LogP contribution < -0.4 is 10.6 Å². The molecule has 2 rings (SSSR count). The van der Waals surface area contributed by atoms with Crippen molar-refractivity contribution in [3.05, 3.63) is 27.9 Å². The Balaban J connectivity index is 2.36. The van der Waals surface area contributed by atoms with E-state index in [1.54, 1.807) is 19.2 Å². The molecule has 2 N–H and O–H groups in total. The fourth-order valence-electron chi connectivity index (χ4n) is 2.98. The third kappa shape index (κ3) is 2.53. The lowest BCUT2D eigenvalue weighted by atomic mass is 10.0. The maximum Gasteiger partial charge on any atom is 0.314 e. The molecule has 1 heterocycles. The molecule has 6 heteroatoms.